The maximum Gasteiger partial charge on any atom is 0.377 e. The molecule has 0 saturated carbocycles. The van der Waals surface area contributed by atoms with E-state index in [2.05, 4.69) is 41.1 Å². The number of hydrogen-bond acceptors (Lipinski definition) is 7. The largest absolute Gasteiger partial charge is 0.377 e. The van der Waals surface area contributed by atoms with Crippen LogP contribution in [-0.2, 0) is 6.54 Å². The first kappa shape index (κ1) is 16.6. The van der Waals surface area contributed by atoms with Gasteiger partial charge in [-0.25, -0.2) is 9.97 Å². The zero-order valence-corrected chi connectivity index (χ0v) is 14.8. The van der Waals surface area contributed by atoms with Gasteiger partial charge in [-0.2, -0.15) is 0 Å². The van der Waals surface area contributed by atoms with Gasteiger partial charge in [0.2, 0.25) is 5.95 Å². The average molecular weight is 393 g/mol. The van der Waals surface area contributed by atoms with E-state index in [1.807, 2.05) is 13.0 Å². The van der Waals surface area contributed by atoms with E-state index in [1.165, 1.54) is 19.0 Å². The molecule has 126 valence electrons. The Hall–Kier alpha value is -2.29. The molecule has 8 nitrogen and oxygen atoms in total. The van der Waals surface area contributed by atoms with Crippen molar-refractivity contribution in [3.05, 3.63) is 44.3 Å². The fourth-order valence-corrected chi connectivity index (χ4v) is 3.11. The number of aromatic nitrogens is 3. The molecule has 3 heterocycles. The molecule has 0 atom stereocenters. The highest BCUT2D eigenvalue weighted by Gasteiger charge is 2.16. The number of aryl methyl sites for hydroxylation is 1. The number of anilines is 2. The third kappa shape index (κ3) is 3.78. The highest BCUT2D eigenvalue weighted by molar-refractivity contribution is 9.10. The molecule has 24 heavy (non-hydrogen) atoms. The van der Waals surface area contributed by atoms with Crippen molar-refractivity contribution < 1.29 is 4.92 Å². The Morgan fingerprint density at radius 1 is 1.33 bits per heavy atom. The number of pyridine rings is 1. The third-order valence-electron chi connectivity index (χ3n) is 3.75. The standard InChI is InChI=1S/C15H17BrN6O2/c1-10-6-12(20-15(19-10)21-4-2-3-5-21)9-17-11-7-13(16)14(18-8-11)22(23)24/h6-8,17H,2-5,9H2,1H3. The second kappa shape index (κ2) is 7.08. The van der Waals surface area contributed by atoms with Crippen LogP contribution in [0.2, 0.25) is 0 Å². The van der Waals surface area contributed by atoms with Gasteiger partial charge >= 0.3 is 5.82 Å². The SMILES string of the molecule is Cc1cc(CNc2cnc([N+](=O)[O-])c(Br)c2)nc(N2CCCC2)n1. The number of rotatable bonds is 5. The summed E-state index contributed by atoms with van der Waals surface area (Å²) in [6.07, 6.45) is 3.79. The minimum Gasteiger partial charge on any atom is -0.376 e. The molecule has 0 amide bonds. The second-order valence-electron chi connectivity index (χ2n) is 5.63. The minimum atomic E-state index is -0.524. The van der Waals surface area contributed by atoms with Crippen molar-refractivity contribution >= 4 is 33.4 Å². The maximum atomic E-state index is 10.8. The summed E-state index contributed by atoms with van der Waals surface area (Å²) in [5, 5.41) is 14.0. The van der Waals surface area contributed by atoms with Crippen LogP contribution in [0.25, 0.3) is 0 Å². The Bertz CT molecular complexity index is 764. The molecule has 0 unspecified atom stereocenters. The van der Waals surface area contributed by atoms with Crippen molar-refractivity contribution in [2.24, 2.45) is 0 Å². The Labute approximate surface area is 147 Å². The molecule has 0 aliphatic carbocycles. The van der Waals surface area contributed by atoms with Gasteiger partial charge in [-0.15, -0.1) is 0 Å². The van der Waals surface area contributed by atoms with Crippen LogP contribution < -0.4 is 10.2 Å². The van der Waals surface area contributed by atoms with Crippen LogP contribution in [-0.4, -0.2) is 33.0 Å². The number of nitro groups is 1. The van der Waals surface area contributed by atoms with Crippen molar-refractivity contribution in [3.63, 3.8) is 0 Å². The number of halogens is 1. The molecule has 2 aromatic heterocycles. The van der Waals surface area contributed by atoms with E-state index in [0.717, 1.165) is 30.4 Å². The summed E-state index contributed by atoms with van der Waals surface area (Å²) < 4.78 is 0.342. The lowest BCUT2D eigenvalue weighted by molar-refractivity contribution is -0.390. The molecule has 0 aromatic carbocycles. The molecular formula is C15H17BrN6O2. The van der Waals surface area contributed by atoms with Crippen molar-refractivity contribution in [2.75, 3.05) is 23.3 Å². The number of hydrogen-bond donors (Lipinski definition) is 1. The van der Waals surface area contributed by atoms with Crippen molar-refractivity contribution in [3.8, 4) is 0 Å². The Morgan fingerprint density at radius 2 is 2.08 bits per heavy atom. The van der Waals surface area contributed by atoms with Gasteiger partial charge < -0.3 is 20.3 Å². The van der Waals surface area contributed by atoms with Gasteiger partial charge in [0.1, 0.15) is 4.47 Å². The third-order valence-corrected chi connectivity index (χ3v) is 4.34. The summed E-state index contributed by atoms with van der Waals surface area (Å²) in [6, 6.07) is 3.57. The first-order valence-electron chi connectivity index (χ1n) is 7.66. The molecule has 2 aromatic rings. The van der Waals surface area contributed by atoms with Gasteiger partial charge in [-0.1, -0.05) is 0 Å². The van der Waals surface area contributed by atoms with Gasteiger partial charge in [0.15, 0.2) is 6.20 Å². The number of nitrogens with one attached hydrogen (secondary N) is 1. The molecule has 1 aliphatic rings. The van der Waals surface area contributed by atoms with Crippen LogP contribution in [0.1, 0.15) is 24.2 Å². The highest BCUT2D eigenvalue weighted by Crippen LogP contribution is 2.25. The molecule has 9 heteroatoms. The zero-order valence-electron chi connectivity index (χ0n) is 13.2. The summed E-state index contributed by atoms with van der Waals surface area (Å²) >= 11 is 3.17. The smallest absolute Gasteiger partial charge is 0.376 e. The van der Waals surface area contributed by atoms with E-state index in [0.29, 0.717) is 16.7 Å². The topological polar surface area (TPSA) is 97.1 Å². The predicted molar refractivity (Wildman–Crippen MR) is 94.1 cm³/mol. The summed E-state index contributed by atoms with van der Waals surface area (Å²) in [5.41, 5.74) is 2.48. The Morgan fingerprint density at radius 3 is 2.75 bits per heavy atom. The van der Waals surface area contributed by atoms with Crippen molar-refractivity contribution in [1.29, 1.82) is 0 Å². The van der Waals surface area contributed by atoms with E-state index in [4.69, 9.17) is 0 Å². The summed E-state index contributed by atoms with van der Waals surface area (Å²) in [7, 11) is 0. The average Bonchev–Trinajstić information content (AvgIpc) is 3.06. The molecule has 1 N–H and O–H groups in total. The number of nitrogens with zero attached hydrogens (tertiary/aromatic N) is 5. The molecule has 1 saturated heterocycles. The highest BCUT2D eigenvalue weighted by atomic mass is 79.9. The van der Waals surface area contributed by atoms with E-state index in [-0.39, 0.29) is 5.82 Å². The first-order chi connectivity index (χ1) is 11.5. The monoisotopic (exact) mass is 392 g/mol. The molecule has 1 fully saturated rings. The fourth-order valence-electron chi connectivity index (χ4n) is 2.62. The van der Waals surface area contributed by atoms with E-state index in [1.54, 1.807) is 6.07 Å². The minimum absolute atomic E-state index is 0.199. The molecule has 1 aliphatic heterocycles. The summed E-state index contributed by atoms with van der Waals surface area (Å²) in [5.74, 6) is 0.571. The van der Waals surface area contributed by atoms with Crippen LogP contribution in [0, 0.1) is 17.0 Å². The van der Waals surface area contributed by atoms with Gasteiger partial charge in [0.05, 0.1) is 17.9 Å². The van der Waals surface area contributed by atoms with Crippen LogP contribution in [0.3, 0.4) is 0 Å². The van der Waals surface area contributed by atoms with Crippen LogP contribution in [0.15, 0.2) is 22.8 Å². The van der Waals surface area contributed by atoms with Gasteiger partial charge in [0.25, 0.3) is 0 Å². The molecule has 0 radical (unpaired) electrons. The summed E-state index contributed by atoms with van der Waals surface area (Å²) in [4.78, 5) is 25.4. The molecular weight excluding hydrogens is 376 g/mol. The second-order valence-corrected chi connectivity index (χ2v) is 6.49. The van der Waals surface area contributed by atoms with E-state index < -0.39 is 4.92 Å². The zero-order chi connectivity index (χ0) is 17.1. The molecule has 0 bridgehead atoms. The Kier molecular flexibility index (Phi) is 4.89. The van der Waals surface area contributed by atoms with Gasteiger partial charge in [0, 0.05) is 18.8 Å². The van der Waals surface area contributed by atoms with Gasteiger partial charge in [-0.05, 0) is 57.7 Å². The van der Waals surface area contributed by atoms with E-state index >= 15 is 0 Å². The molecule has 3 rings (SSSR count). The van der Waals surface area contributed by atoms with Crippen LogP contribution >= 0.6 is 15.9 Å². The Balaban J connectivity index is 1.72. The summed E-state index contributed by atoms with van der Waals surface area (Å²) in [6.45, 7) is 4.44. The normalized spacial score (nSPS) is 14.0. The quantitative estimate of drug-likeness (QED) is 0.616. The van der Waals surface area contributed by atoms with Crippen LogP contribution in [0.5, 0.6) is 0 Å². The first-order valence-corrected chi connectivity index (χ1v) is 8.45. The lowest BCUT2D eigenvalue weighted by atomic mass is 10.3. The van der Waals surface area contributed by atoms with Crippen LogP contribution in [0.4, 0.5) is 17.5 Å². The predicted octanol–water partition coefficient (Wildman–Crippen LogP) is 3.06. The fraction of sp³-hybridized carbons (Fsp3) is 0.400. The van der Waals surface area contributed by atoms with Gasteiger partial charge in [-0.3, -0.25) is 0 Å². The lowest BCUT2D eigenvalue weighted by Crippen LogP contribution is -2.21. The van der Waals surface area contributed by atoms with E-state index in [9.17, 15) is 10.1 Å². The lowest BCUT2D eigenvalue weighted by Gasteiger charge is -2.16. The molecule has 0 spiro atoms. The maximum absolute atomic E-state index is 10.8. The van der Waals surface area contributed by atoms with Crippen molar-refractivity contribution in [2.45, 2.75) is 26.3 Å². The van der Waals surface area contributed by atoms with Crippen molar-refractivity contribution in [1.82, 2.24) is 15.0 Å².